The molecule has 0 aromatic carbocycles. The van der Waals surface area contributed by atoms with Crippen LogP contribution < -0.4 is 0 Å². The Bertz CT molecular complexity index is 217. The molecule has 0 fully saturated rings. The van der Waals surface area contributed by atoms with Crippen LogP contribution in [0, 0.1) is 0 Å². The van der Waals surface area contributed by atoms with Gasteiger partial charge < -0.3 is 59.2 Å². The summed E-state index contributed by atoms with van der Waals surface area (Å²) in [5.41, 5.74) is 0. The Labute approximate surface area is 166 Å². The predicted octanol–water partition coefficient (Wildman–Crippen LogP) is 4.83. The number of ether oxygens (including phenoxy) is 2. The standard InChI is InChI=1S/2C7H14OS2.Pt/c2*1-2-3-4-5-6-8-7(9)10;/h2*2-6H2,1H3,(H,9,10);/q;;+2/p-2. The minimum Gasteiger partial charge on any atom is -0.514 e. The van der Waals surface area contributed by atoms with Gasteiger partial charge in [-0.25, -0.2) is 0 Å². The fraction of sp³-hybridized carbons (Fsp3) is 0.857. The number of hydrogen-bond acceptors (Lipinski definition) is 6. The third-order valence-corrected chi connectivity index (χ3v) is 2.91. The summed E-state index contributed by atoms with van der Waals surface area (Å²) in [6.45, 7) is 5.75. The molecule has 0 aliphatic carbocycles. The maximum Gasteiger partial charge on any atom is 2.00 e. The average Bonchev–Trinajstić information content (AvgIpc) is 2.38. The third-order valence-electron chi connectivity index (χ3n) is 2.44. The van der Waals surface area contributed by atoms with Crippen molar-refractivity contribution in [1.29, 1.82) is 0 Å². The van der Waals surface area contributed by atoms with Gasteiger partial charge in [-0.15, -0.1) is 0 Å². The van der Waals surface area contributed by atoms with Gasteiger partial charge in [0.2, 0.25) is 0 Å². The molecule has 0 unspecified atom stereocenters. The molecule has 0 amide bonds. The van der Waals surface area contributed by atoms with Crippen LogP contribution in [0.25, 0.3) is 0 Å². The van der Waals surface area contributed by atoms with Crippen LogP contribution in [0.15, 0.2) is 0 Å². The molecular formula is C14H26O2PtS4. The Morgan fingerprint density at radius 3 is 1.29 bits per heavy atom. The van der Waals surface area contributed by atoms with Crippen molar-refractivity contribution in [2.75, 3.05) is 13.2 Å². The average molecular weight is 550 g/mol. The Hall–Kier alpha value is 0.908. The van der Waals surface area contributed by atoms with Gasteiger partial charge in [0.15, 0.2) is 0 Å². The first-order valence-electron chi connectivity index (χ1n) is 7.22. The SMILES string of the molecule is CCCCCCOC(=S)[S-].CCCCCCOC(=S)[S-].[Pt+2]. The quantitative estimate of drug-likeness (QED) is 0.219. The van der Waals surface area contributed by atoms with Crippen LogP contribution in [-0.4, -0.2) is 22.0 Å². The van der Waals surface area contributed by atoms with Gasteiger partial charge in [0, 0.05) is 8.77 Å². The molecule has 0 saturated carbocycles. The zero-order chi connectivity index (χ0) is 15.6. The fourth-order valence-corrected chi connectivity index (χ4v) is 1.70. The van der Waals surface area contributed by atoms with Gasteiger partial charge in [0.1, 0.15) is 0 Å². The molecule has 0 bridgehead atoms. The zero-order valence-corrected chi connectivity index (χ0v) is 18.4. The summed E-state index contributed by atoms with van der Waals surface area (Å²) in [7, 11) is 0. The number of hydrogen-bond donors (Lipinski definition) is 0. The Balaban J connectivity index is -0.000000295. The first-order valence-corrected chi connectivity index (χ1v) is 8.85. The van der Waals surface area contributed by atoms with Crippen molar-refractivity contribution in [2.24, 2.45) is 0 Å². The van der Waals surface area contributed by atoms with E-state index in [1.807, 2.05) is 0 Å². The molecule has 0 saturated heterocycles. The van der Waals surface area contributed by atoms with E-state index in [1.165, 1.54) is 38.5 Å². The fourth-order valence-electron chi connectivity index (χ4n) is 1.37. The molecule has 0 aromatic rings. The Kier molecular flexibility index (Phi) is 29.6. The van der Waals surface area contributed by atoms with Gasteiger partial charge in [-0.3, -0.25) is 0 Å². The minimum atomic E-state index is 0. The van der Waals surface area contributed by atoms with E-state index in [9.17, 15) is 0 Å². The largest absolute Gasteiger partial charge is 2.00 e. The molecule has 7 heteroatoms. The Morgan fingerprint density at radius 1 is 0.714 bits per heavy atom. The molecule has 0 radical (unpaired) electrons. The molecule has 2 nitrogen and oxygen atoms in total. The molecular weight excluding hydrogens is 523 g/mol. The third kappa shape index (κ3) is 33.6. The molecule has 0 spiro atoms. The molecule has 0 aliphatic heterocycles. The van der Waals surface area contributed by atoms with Gasteiger partial charge in [-0.2, -0.15) is 0 Å². The van der Waals surface area contributed by atoms with Crippen molar-refractivity contribution < 1.29 is 30.5 Å². The summed E-state index contributed by atoms with van der Waals surface area (Å²) >= 11 is 18.3. The monoisotopic (exact) mass is 549 g/mol. The van der Waals surface area contributed by atoms with Crippen LogP contribution in [0.4, 0.5) is 0 Å². The molecule has 0 aliphatic rings. The van der Waals surface area contributed by atoms with Gasteiger partial charge >= 0.3 is 21.1 Å². The first kappa shape index (κ1) is 26.8. The summed E-state index contributed by atoms with van der Waals surface area (Å²) in [5, 5.41) is 0. The van der Waals surface area contributed by atoms with Crippen LogP contribution in [0.3, 0.4) is 0 Å². The van der Waals surface area contributed by atoms with Crippen molar-refractivity contribution in [2.45, 2.75) is 65.2 Å². The zero-order valence-electron chi connectivity index (χ0n) is 12.8. The topological polar surface area (TPSA) is 18.5 Å². The van der Waals surface area contributed by atoms with Crippen molar-refractivity contribution in [3.05, 3.63) is 0 Å². The molecule has 0 atom stereocenters. The van der Waals surface area contributed by atoms with Crippen molar-refractivity contribution in [3.8, 4) is 0 Å². The molecule has 0 N–H and O–H groups in total. The number of thiocarbonyl (C=S) groups is 2. The van der Waals surface area contributed by atoms with Gasteiger partial charge in [0.05, 0.1) is 13.2 Å². The molecule has 0 rings (SSSR count). The van der Waals surface area contributed by atoms with Crippen molar-refractivity contribution >= 4 is 58.5 Å². The number of unbranched alkanes of at least 4 members (excludes halogenated alkanes) is 6. The van der Waals surface area contributed by atoms with Gasteiger partial charge in [0.25, 0.3) is 0 Å². The molecule has 21 heavy (non-hydrogen) atoms. The molecule has 0 heterocycles. The van der Waals surface area contributed by atoms with Crippen molar-refractivity contribution in [1.82, 2.24) is 0 Å². The second kappa shape index (κ2) is 23.2. The van der Waals surface area contributed by atoms with Crippen LogP contribution in [-0.2, 0) is 55.8 Å². The van der Waals surface area contributed by atoms with Crippen LogP contribution in [0.1, 0.15) is 65.2 Å². The molecule has 128 valence electrons. The second-order valence-electron chi connectivity index (χ2n) is 4.32. The minimum absolute atomic E-state index is 0. The van der Waals surface area contributed by atoms with E-state index in [4.69, 9.17) is 9.47 Å². The Morgan fingerprint density at radius 2 is 1.05 bits per heavy atom. The maximum absolute atomic E-state index is 4.93. The van der Waals surface area contributed by atoms with Crippen LogP contribution in [0.5, 0.6) is 0 Å². The van der Waals surface area contributed by atoms with E-state index >= 15 is 0 Å². The van der Waals surface area contributed by atoms with E-state index in [-0.39, 0.29) is 29.8 Å². The van der Waals surface area contributed by atoms with Gasteiger partial charge in [-0.05, 0) is 12.8 Å². The molecule has 0 aromatic heterocycles. The second-order valence-corrected chi connectivity index (χ2v) is 6.32. The summed E-state index contributed by atoms with van der Waals surface area (Å²) < 4.78 is 10.4. The van der Waals surface area contributed by atoms with Gasteiger partial charge in [-0.1, -0.05) is 52.4 Å². The van der Waals surface area contributed by atoms with Crippen LogP contribution >= 0.6 is 24.4 Å². The first-order chi connectivity index (χ1) is 9.54. The van der Waals surface area contributed by atoms with E-state index in [0.717, 1.165) is 12.8 Å². The maximum atomic E-state index is 4.93. The van der Waals surface area contributed by atoms with E-state index in [2.05, 4.69) is 63.5 Å². The summed E-state index contributed by atoms with van der Waals surface area (Å²) in [6, 6.07) is 0. The summed E-state index contributed by atoms with van der Waals surface area (Å²) in [4.78, 5) is 0. The van der Waals surface area contributed by atoms with E-state index in [0.29, 0.717) is 13.2 Å². The smallest absolute Gasteiger partial charge is 0.514 e. The predicted molar refractivity (Wildman–Crippen MR) is 100 cm³/mol. The number of rotatable bonds is 10. The van der Waals surface area contributed by atoms with E-state index in [1.54, 1.807) is 0 Å². The van der Waals surface area contributed by atoms with E-state index < -0.39 is 0 Å². The summed E-state index contributed by atoms with van der Waals surface area (Å²) in [5.74, 6) is 0. The van der Waals surface area contributed by atoms with Crippen LogP contribution in [0.2, 0.25) is 0 Å². The normalized spacial score (nSPS) is 8.86. The van der Waals surface area contributed by atoms with Crippen molar-refractivity contribution in [3.63, 3.8) is 0 Å². The summed E-state index contributed by atoms with van der Waals surface area (Å²) in [6.07, 6.45) is 9.62.